The summed E-state index contributed by atoms with van der Waals surface area (Å²) in [7, 11) is 0. The molecule has 0 saturated heterocycles. The number of rotatable bonds is 2. The number of amides is 1. The molecule has 4 rings (SSSR count). The summed E-state index contributed by atoms with van der Waals surface area (Å²) in [5.41, 5.74) is -3.30. The first-order chi connectivity index (χ1) is 14.4. The van der Waals surface area contributed by atoms with Crippen LogP contribution in [-0.2, 0) is 17.1 Å². The number of hydrogen-bond donors (Lipinski definition) is 1. The van der Waals surface area contributed by atoms with Gasteiger partial charge in [-0.25, -0.2) is 14.6 Å². The highest BCUT2D eigenvalue weighted by Gasteiger charge is 2.37. The van der Waals surface area contributed by atoms with Crippen LogP contribution >= 0.6 is 0 Å². The third kappa shape index (κ3) is 3.98. The number of pyridine rings is 1. The van der Waals surface area contributed by atoms with Crippen molar-refractivity contribution >= 4 is 23.5 Å². The van der Waals surface area contributed by atoms with E-state index >= 15 is 0 Å². The maximum absolute atomic E-state index is 13.2. The lowest BCUT2D eigenvalue weighted by atomic mass is 10.0. The fourth-order valence-corrected chi connectivity index (χ4v) is 2.86. The summed E-state index contributed by atoms with van der Waals surface area (Å²) in [5.74, 6) is -1.94. The third-order valence-electron chi connectivity index (χ3n) is 4.24. The highest BCUT2D eigenvalue weighted by Crippen LogP contribution is 2.38. The summed E-state index contributed by atoms with van der Waals surface area (Å²) in [5, 5.41) is 6.16. The van der Waals surface area contributed by atoms with E-state index in [0.717, 1.165) is 23.3 Å². The molecule has 160 valence electrons. The van der Waals surface area contributed by atoms with Gasteiger partial charge in [0.15, 0.2) is 5.82 Å². The number of carbonyl (C=O) groups is 1. The number of nitrogens with one attached hydrogen (secondary N) is 1. The Morgan fingerprint density at radius 2 is 1.61 bits per heavy atom. The molecule has 6 nitrogen and oxygen atoms in total. The van der Waals surface area contributed by atoms with Crippen molar-refractivity contribution in [1.82, 2.24) is 19.7 Å². The molecular weight excluding hydrogens is 435 g/mol. The van der Waals surface area contributed by atoms with Crippen molar-refractivity contribution < 1.29 is 35.5 Å². The van der Waals surface area contributed by atoms with Crippen molar-refractivity contribution in [2.45, 2.75) is 12.4 Å². The monoisotopic (exact) mass is 443 g/mol. The van der Waals surface area contributed by atoms with Crippen molar-refractivity contribution in [3.8, 4) is 11.4 Å². The largest absolute Gasteiger partial charge is 0.416 e. The Bertz CT molecular complexity index is 1190. The molecule has 31 heavy (non-hydrogen) atoms. The summed E-state index contributed by atoms with van der Waals surface area (Å²) in [6.45, 7) is 0. The molecule has 13 heteroatoms. The number of anilines is 1. The van der Waals surface area contributed by atoms with Crippen molar-refractivity contribution in [3.05, 3.63) is 59.3 Å². The minimum atomic E-state index is -5.02. The van der Waals surface area contributed by atoms with Gasteiger partial charge >= 0.3 is 12.4 Å². The quantitative estimate of drug-likeness (QED) is 0.361. The molecule has 1 N–H and O–H groups in total. The normalized spacial score (nSPS) is 15.3. The van der Waals surface area contributed by atoms with Crippen LogP contribution in [0.2, 0.25) is 0 Å². The molecule has 3 aromatic rings. The lowest BCUT2D eigenvalue weighted by Gasteiger charge is -2.13. The zero-order chi connectivity index (χ0) is 22.6. The number of alkyl halides is 6. The second kappa shape index (κ2) is 6.89. The fraction of sp³-hybridized carbons (Fsp3) is 0.111. The van der Waals surface area contributed by atoms with Crippen LogP contribution < -0.4 is 5.32 Å². The molecule has 0 spiro atoms. The Morgan fingerprint density at radius 1 is 0.968 bits per heavy atom. The maximum atomic E-state index is 13.2. The number of nitrogens with zero attached hydrogens (tertiary/aromatic N) is 4. The van der Waals surface area contributed by atoms with Gasteiger partial charge in [0.1, 0.15) is 12.1 Å². The molecule has 2 aromatic heterocycles. The summed E-state index contributed by atoms with van der Waals surface area (Å²) < 4.78 is 92.4. The summed E-state index contributed by atoms with van der Waals surface area (Å²) in [4.78, 5) is 19.3. The molecule has 1 aliphatic heterocycles. The summed E-state index contributed by atoms with van der Waals surface area (Å²) in [6.07, 6.45) is -7.91. The first kappa shape index (κ1) is 20.5. The molecule has 3 heterocycles. The minimum absolute atomic E-state index is 0.000951. The molecule has 0 bridgehead atoms. The van der Waals surface area contributed by atoms with Crippen LogP contribution in [-0.4, -0.2) is 25.7 Å². The molecule has 1 aromatic carbocycles. The fourth-order valence-electron chi connectivity index (χ4n) is 2.86. The third-order valence-corrected chi connectivity index (χ3v) is 4.24. The van der Waals surface area contributed by atoms with E-state index in [1.54, 1.807) is 0 Å². The van der Waals surface area contributed by atoms with Crippen LogP contribution in [0.5, 0.6) is 0 Å². The van der Waals surface area contributed by atoms with Gasteiger partial charge in [-0.3, -0.25) is 4.79 Å². The molecule has 0 radical (unpaired) electrons. The van der Waals surface area contributed by atoms with Gasteiger partial charge in [0.05, 0.1) is 16.7 Å². The average molecular weight is 443 g/mol. The van der Waals surface area contributed by atoms with Gasteiger partial charge in [-0.05, 0) is 30.3 Å². The van der Waals surface area contributed by atoms with Crippen LogP contribution in [0.25, 0.3) is 23.2 Å². The van der Waals surface area contributed by atoms with E-state index in [1.807, 2.05) is 0 Å². The summed E-state index contributed by atoms with van der Waals surface area (Å²) in [6, 6.07) is 3.27. The van der Waals surface area contributed by atoms with Crippen molar-refractivity contribution in [3.63, 3.8) is 0 Å². The number of hydrogen-bond acceptors (Lipinski definition) is 4. The van der Waals surface area contributed by atoms with Crippen LogP contribution in [0.4, 0.5) is 36.6 Å². The van der Waals surface area contributed by atoms with Gasteiger partial charge in [0, 0.05) is 17.3 Å². The van der Waals surface area contributed by atoms with Crippen LogP contribution in [0.15, 0.2) is 36.7 Å². The zero-order valence-corrected chi connectivity index (χ0v) is 14.9. The van der Waals surface area contributed by atoms with Crippen molar-refractivity contribution in [2.24, 2.45) is 0 Å². The standard InChI is InChI=1S/C18H8F7N5O/c19-13-2-1-11-12(16(31)28-15(11)27-13)6-30-7-26-14(29-30)8-3-9(17(20,21)22)5-10(4-8)18(23,24)25/h1-7H,(H,27,28,31)/b12-6+. The van der Waals surface area contributed by atoms with Gasteiger partial charge in [-0.15, -0.1) is 5.10 Å². The van der Waals surface area contributed by atoms with E-state index in [9.17, 15) is 35.5 Å². The number of aromatic nitrogens is 4. The first-order valence-electron chi connectivity index (χ1n) is 8.33. The molecule has 0 fully saturated rings. The van der Waals surface area contributed by atoms with Crippen LogP contribution in [0.1, 0.15) is 16.7 Å². The molecule has 0 aliphatic carbocycles. The van der Waals surface area contributed by atoms with E-state index in [4.69, 9.17) is 0 Å². The number of halogens is 7. The highest BCUT2D eigenvalue weighted by molar-refractivity contribution is 6.33. The van der Waals surface area contributed by atoms with E-state index < -0.39 is 46.7 Å². The maximum Gasteiger partial charge on any atom is 0.416 e. The first-order valence-corrected chi connectivity index (χ1v) is 8.33. The predicted octanol–water partition coefficient (Wildman–Crippen LogP) is 4.47. The predicted molar refractivity (Wildman–Crippen MR) is 92.5 cm³/mol. The molecular formula is C18H8F7N5O. The Labute approximate surface area is 168 Å². The Balaban J connectivity index is 1.75. The molecule has 1 amide bonds. The van der Waals surface area contributed by atoms with Crippen molar-refractivity contribution in [2.75, 3.05) is 5.32 Å². The lowest BCUT2D eigenvalue weighted by molar-refractivity contribution is -0.143. The smallest absolute Gasteiger partial charge is 0.306 e. The van der Waals surface area contributed by atoms with E-state index in [1.165, 1.54) is 6.07 Å². The Kier molecular flexibility index (Phi) is 4.56. The van der Waals surface area contributed by atoms with Crippen molar-refractivity contribution in [1.29, 1.82) is 0 Å². The van der Waals surface area contributed by atoms with Crippen LogP contribution in [0.3, 0.4) is 0 Å². The van der Waals surface area contributed by atoms with Gasteiger partial charge in [-0.2, -0.15) is 30.7 Å². The van der Waals surface area contributed by atoms with E-state index in [-0.39, 0.29) is 23.0 Å². The number of benzene rings is 1. The molecule has 0 atom stereocenters. The SMILES string of the molecule is O=C1Nc2nc(F)ccc2/C1=C\n1cnc(-c2cc(C(F)(F)F)cc(C(F)(F)F)c2)n1. The second-order valence-corrected chi connectivity index (χ2v) is 6.37. The van der Waals surface area contributed by atoms with Crippen LogP contribution in [0, 0.1) is 5.95 Å². The van der Waals surface area contributed by atoms with Gasteiger partial charge < -0.3 is 5.32 Å². The zero-order valence-electron chi connectivity index (χ0n) is 14.9. The number of fused-ring (bicyclic) bond motifs is 1. The lowest BCUT2D eigenvalue weighted by Crippen LogP contribution is -2.11. The molecule has 0 saturated carbocycles. The Hall–Kier alpha value is -3.77. The molecule has 0 unspecified atom stereocenters. The van der Waals surface area contributed by atoms with E-state index in [0.29, 0.717) is 12.1 Å². The molecule has 1 aliphatic rings. The second-order valence-electron chi connectivity index (χ2n) is 6.37. The Morgan fingerprint density at radius 3 is 2.23 bits per heavy atom. The van der Waals surface area contributed by atoms with Gasteiger partial charge in [-0.1, -0.05) is 0 Å². The summed E-state index contributed by atoms with van der Waals surface area (Å²) >= 11 is 0. The van der Waals surface area contributed by atoms with Gasteiger partial charge in [0.25, 0.3) is 5.91 Å². The van der Waals surface area contributed by atoms with Gasteiger partial charge in [0.2, 0.25) is 5.95 Å². The average Bonchev–Trinajstić information content (AvgIpc) is 3.25. The topological polar surface area (TPSA) is 72.7 Å². The minimum Gasteiger partial charge on any atom is -0.306 e. The highest BCUT2D eigenvalue weighted by atomic mass is 19.4. The number of carbonyl (C=O) groups excluding carboxylic acids is 1. The van der Waals surface area contributed by atoms with E-state index in [2.05, 4.69) is 20.4 Å².